The van der Waals surface area contributed by atoms with Gasteiger partial charge in [-0.1, -0.05) is 36.4 Å². The molecule has 3 aromatic rings. The number of hydrogen-bond donors (Lipinski definition) is 1. The van der Waals surface area contributed by atoms with Crippen LogP contribution in [0.5, 0.6) is 23.0 Å². The predicted octanol–water partition coefficient (Wildman–Crippen LogP) is 4.50. The number of carbonyl (C=O) groups is 2. The SMILES string of the molecule is CCOc1cc([C@H]2/C(=C(\O)c3ccc4c(c3)OCCO4)C(=O)C(=O)N2CCOC)ccc1OCc1ccccc1. The average molecular weight is 546 g/mol. The van der Waals surface area contributed by atoms with Crippen molar-refractivity contribution >= 4 is 17.4 Å². The summed E-state index contributed by atoms with van der Waals surface area (Å²) in [7, 11) is 1.52. The van der Waals surface area contributed by atoms with Crippen LogP contribution in [-0.2, 0) is 20.9 Å². The normalized spacial score (nSPS) is 17.6. The van der Waals surface area contributed by atoms with Gasteiger partial charge in [0, 0.05) is 19.2 Å². The number of amides is 1. The molecule has 0 aliphatic carbocycles. The number of rotatable bonds is 10. The Labute approximate surface area is 232 Å². The minimum atomic E-state index is -0.870. The Bertz CT molecular complexity index is 1420. The topological polar surface area (TPSA) is 104 Å². The molecule has 1 saturated heterocycles. The van der Waals surface area contributed by atoms with Crippen molar-refractivity contribution in [1.82, 2.24) is 4.90 Å². The van der Waals surface area contributed by atoms with Crippen molar-refractivity contribution in [3.8, 4) is 23.0 Å². The smallest absolute Gasteiger partial charge is 0.295 e. The fourth-order valence-electron chi connectivity index (χ4n) is 4.81. The molecular formula is C31H31NO8. The van der Waals surface area contributed by atoms with Crippen molar-refractivity contribution in [2.45, 2.75) is 19.6 Å². The first kappa shape index (κ1) is 27.1. The summed E-state index contributed by atoms with van der Waals surface area (Å²) in [5.74, 6) is 0.191. The lowest BCUT2D eigenvalue weighted by atomic mass is 9.94. The zero-order valence-electron chi connectivity index (χ0n) is 22.4. The number of ether oxygens (including phenoxy) is 5. The fourth-order valence-corrected chi connectivity index (χ4v) is 4.81. The summed E-state index contributed by atoms with van der Waals surface area (Å²) in [6, 6.07) is 19.1. The van der Waals surface area contributed by atoms with Crippen molar-refractivity contribution < 1.29 is 38.4 Å². The first-order chi connectivity index (χ1) is 19.5. The number of Topliss-reactive ketones (excluding diaryl/α,β-unsaturated/α-hetero) is 1. The van der Waals surface area contributed by atoms with Gasteiger partial charge >= 0.3 is 0 Å². The van der Waals surface area contributed by atoms with Gasteiger partial charge < -0.3 is 33.7 Å². The third kappa shape index (κ3) is 5.46. The third-order valence-electron chi connectivity index (χ3n) is 6.71. The summed E-state index contributed by atoms with van der Waals surface area (Å²) in [4.78, 5) is 27.9. The number of ketones is 1. The quantitative estimate of drug-likeness (QED) is 0.226. The minimum Gasteiger partial charge on any atom is -0.507 e. The highest BCUT2D eigenvalue weighted by atomic mass is 16.6. The molecule has 2 aliphatic rings. The van der Waals surface area contributed by atoms with Gasteiger partial charge in [-0.25, -0.2) is 0 Å². The number of fused-ring (bicyclic) bond motifs is 1. The number of methoxy groups -OCH3 is 1. The second-order valence-electron chi connectivity index (χ2n) is 9.26. The van der Waals surface area contributed by atoms with Gasteiger partial charge in [-0.3, -0.25) is 9.59 Å². The lowest BCUT2D eigenvalue weighted by molar-refractivity contribution is -0.140. The van der Waals surface area contributed by atoms with Crippen molar-refractivity contribution in [3.05, 3.63) is 89.0 Å². The van der Waals surface area contributed by atoms with Crippen LogP contribution in [0, 0.1) is 0 Å². The monoisotopic (exact) mass is 545 g/mol. The van der Waals surface area contributed by atoms with Crippen molar-refractivity contribution in [3.63, 3.8) is 0 Å². The highest BCUT2D eigenvalue weighted by molar-refractivity contribution is 6.46. The molecule has 9 heteroatoms. The van der Waals surface area contributed by atoms with Crippen molar-refractivity contribution in [2.24, 2.45) is 0 Å². The molecule has 9 nitrogen and oxygen atoms in total. The van der Waals surface area contributed by atoms with Gasteiger partial charge in [0.2, 0.25) is 0 Å². The molecule has 5 rings (SSSR count). The zero-order chi connectivity index (χ0) is 28.1. The van der Waals surface area contributed by atoms with E-state index < -0.39 is 17.7 Å². The Morgan fingerprint density at radius 1 is 0.950 bits per heavy atom. The molecule has 3 aromatic carbocycles. The predicted molar refractivity (Wildman–Crippen MR) is 147 cm³/mol. The van der Waals surface area contributed by atoms with E-state index in [9.17, 15) is 14.7 Å². The molecule has 1 fully saturated rings. The maximum absolute atomic E-state index is 13.3. The summed E-state index contributed by atoms with van der Waals surface area (Å²) in [6.07, 6.45) is 0. The van der Waals surface area contributed by atoms with E-state index >= 15 is 0 Å². The largest absolute Gasteiger partial charge is 0.507 e. The van der Waals surface area contributed by atoms with E-state index in [1.54, 1.807) is 36.4 Å². The molecule has 1 atom stereocenters. The Hall–Kier alpha value is -4.50. The number of aliphatic hydroxyl groups excluding tert-OH is 1. The molecule has 0 spiro atoms. The highest BCUT2D eigenvalue weighted by Crippen LogP contribution is 2.43. The van der Waals surface area contributed by atoms with Crippen LogP contribution >= 0.6 is 0 Å². The molecule has 0 saturated carbocycles. The molecule has 0 unspecified atom stereocenters. The summed E-state index contributed by atoms with van der Waals surface area (Å²) in [5.41, 5.74) is 1.90. The highest BCUT2D eigenvalue weighted by Gasteiger charge is 2.46. The van der Waals surface area contributed by atoms with Crippen molar-refractivity contribution in [1.29, 1.82) is 0 Å². The lowest BCUT2D eigenvalue weighted by Crippen LogP contribution is -2.32. The molecule has 2 heterocycles. The Morgan fingerprint density at radius 3 is 2.48 bits per heavy atom. The second kappa shape index (κ2) is 12.1. The van der Waals surface area contributed by atoms with Gasteiger partial charge in [0.05, 0.1) is 24.8 Å². The maximum atomic E-state index is 13.3. The first-order valence-electron chi connectivity index (χ1n) is 13.1. The Kier molecular flexibility index (Phi) is 8.21. The minimum absolute atomic E-state index is 0.0295. The average Bonchev–Trinajstić information content (AvgIpc) is 3.24. The van der Waals surface area contributed by atoms with E-state index in [1.807, 2.05) is 37.3 Å². The van der Waals surface area contributed by atoms with E-state index in [2.05, 4.69) is 0 Å². The number of nitrogens with zero attached hydrogens (tertiary/aromatic N) is 1. The van der Waals surface area contributed by atoms with Gasteiger partial charge in [-0.15, -0.1) is 0 Å². The van der Waals surface area contributed by atoms with Crippen LogP contribution < -0.4 is 18.9 Å². The third-order valence-corrected chi connectivity index (χ3v) is 6.71. The summed E-state index contributed by atoms with van der Waals surface area (Å²) < 4.78 is 28.4. The Balaban J connectivity index is 1.55. The van der Waals surface area contributed by atoms with Crippen LogP contribution in [0.4, 0.5) is 0 Å². The van der Waals surface area contributed by atoms with Gasteiger partial charge in [0.1, 0.15) is 25.6 Å². The van der Waals surface area contributed by atoms with Gasteiger partial charge in [-0.05, 0) is 48.4 Å². The molecule has 0 aromatic heterocycles. The van der Waals surface area contributed by atoms with E-state index in [0.717, 1.165) is 5.56 Å². The Morgan fingerprint density at radius 2 is 1.73 bits per heavy atom. The maximum Gasteiger partial charge on any atom is 0.295 e. The second-order valence-corrected chi connectivity index (χ2v) is 9.26. The van der Waals surface area contributed by atoms with E-state index in [1.165, 1.54) is 12.0 Å². The molecule has 1 amide bonds. The standard InChI is InChI=1S/C31H31NO8/c1-3-37-25-17-21(9-11-24(25)40-19-20-7-5-4-6-8-20)28-27(30(34)31(35)32(28)13-14-36-2)29(33)22-10-12-23-26(18-22)39-16-15-38-23/h4-12,17-18,28,33H,3,13-16,19H2,1-2H3/b29-27+/t28-/m0/s1. The molecule has 2 aliphatic heterocycles. The van der Waals surface area contributed by atoms with Gasteiger partial charge in [0.15, 0.2) is 23.0 Å². The molecule has 1 N–H and O–H groups in total. The molecular weight excluding hydrogens is 514 g/mol. The summed E-state index contributed by atoms with van der Waals surface area (Å²) >= 11 is 0. The zero-order valence-corrected chi connectivity index (χ0v) is 22.4. The van der Waals surface area contributed by atoms with Crippen LogP contribution in [-0.4, -0.2) is 61.8 Å². The van der Waals surface area contributed by atoms with E-state index in [0.29, 0.717) is 60.6 Å². The van der Waals surface area contributed by atoms with Crippen LogP contribution in [0.3, 0.4) is 0 Å². The van der Waals surface area contributed by atoms with Crippen LogP contribution in [0.2, 0.25) is 0 Å². The number of hydrogen-bond acceptors (Lipinski definition) is 8. The van der Waals surface area contributed by atoms with E-state index in [-0.39, 0.29) is 24.5 Å². The van der Waals surface area contributed by atoms with Crippen LogP contribution in [0.1, 0.15) is 29.7 Å². The molecule has 0 radical (unpaired) electrons. The number of benzene rings is 3. The van der Waals surface area contributed by atoms with Crippen LogP contribution in [0.25, 0.3) is 5.76 Å². The van der Waals surface area contributed by atoms with Crippen molar-refractivity contribution in [2.75, 3.05) is 40.1 Å². The number of carbonyl (C=O) groups excluding carboxylic acids is 2. The summed E-state index contributed by atoms with van der Waals surface area (Å²) in [6.45, 7) is 3.75. The number of likely N-dealkylation sites (tertiary alicyclic amines) is 1. The molecule has 208 valence electrons. The molecule has 40 heavy (non-hydrogen) atoms. The lowest BCUT2D eigenvalue weighted by Gasteiger charge is -2.26. The van der Waals surface area contributed by atoms with Gasteiger partial charge in [0.25, 0.3) is 11.7 Å². The number of aliphatic hydroxyl groups is 1. The summed E-state index contributed by atoms with van der Waals surface area (Å²) in [5, 5.41) is 11.4. The fraction of sp³-hybridized carbons (Fsp3) is 0.290. The van der Waals surface area contributed by atoms with Crippen LogP contribution in [0.15, 0.2) is 72.3 Å². The first-order valence-corrected chi connectivity index (χ1v) is 13.1. The molecule has 0 bridgehead atoms. The van der Waals surface area contributed by atoms with E-state index in [4.69, 9.17) is 23.7 Å². The van der Waals surface area contributed by atoms with Gasteiger partial charge in [-0.2, -0.15) is 0 Å².